The van der Waals surface area contributed by atoms with Gasteiger partial charge < -0.3 is 15.5 Å². The summed E-state index contributed by atoms with van der Waals surface area (Å²) in [6.45, 7) is 3.95. The second kappa shape index (κ2) is 5.15. The summed E-state index contributed by atoms with van der Waals surface area (Å²) >= 11 is 0. The van der Waals surface area contributed by atoms with Gasteiger partial charge in [0.2, 0.25) is 5.91 Å². The minimum absolute atomic E-state index is 0.103. The van der Waals surface area contributed by atoms with Crippen LogP contribution in [0.15, 0.2) is 22.6 Å². The lowest BCUT2D eigenvalue weighted by molar-refractivity contribution is -0.122. The first-order chi connectivity index (χ1) is 9.96. The van der Waals surface area contributed by atoms with Gasteiger partial charge in [-0.2, -0.15) is 0 Å². The van der Waals surface area contributed by atoms with Crippen molar-refractivity contribution >= 4 is 22.7 Å². The summed E-state index contributed by atoms with van der Waals surface area (Å²) in [5, 5.41) is 2.93. The molecule has 0 saturated heterocycles. The first kappa shape index (κ1) is 14.1. The van der Waals surface area contributed by atoms with Gasteiger partial charge in [0.15, 0.2) is 11.5 Å². The number of rotatable bonds is 2. The van der Waals surface area contributed by atoms with E-state index in [4.69, 9.17) is 10.2 Å². The highest BCUT2D eigenvalue weighted by atomic mass is 16.3. The highest BCUT2D eigenvalue weighted by Crippen LogP contribution is 2.31. The van der Waals surface area contributed by atoms with E-state index in [9.17, 15) is 4.79 Å². The molecule has 1 aliphatic carbocycles. The van der Waals surface area contributed by atoms with Gasteiger partial charge >= 0.3 is 0 Å². The Bertz CT molecular complexity index is 679. The molecular formula is C16H21N3O2. The maximum absolute atomic E-state index is 12.5. The average Bonchev–Trinajstić information content (AvgIpc) is 2.77. The Morgan fingerprint density at radius 3 is 3.10 bits per heavy atom. The van der Waals surface area contributed by atoms with Crippen LogP contribution in [0.3, 0.4) is 0 Å². The number of nitrogens with two attached hydrogens (primary N) is 1. The number of aromatic nitrogens is 1. The van der Waals surface area contributed by atoms with Crippen LogP contribution in [0.4, 0.5) is 5.69 Å². The standard InChI is InChI=1S/C16H21N3O2/c1-10-4-3-7-16(17,9-10)15(20)19-12-5-6-14-13(8-12)18-11(2)21-14/h5-6,8,10H,3-4,7,9,17H2,1-2H3,(H,19,20). The van der Waals surface area contributed by atoms with E-state index in [1.807, 2.05) is 18.2 Å². The van der Waals surface area contributed by atoms with Crippen molar-refractivity contribution in [3.63, 3.8) is 0 Å². The van der Waals surface area contributed by atoms with Crippen LogP contribution >= 0.6 is 0 Å². The molecule has 1 amide bonds. The number of nitrogens with zero attached hydrogens (tertiary/aromatic N) is 1. The third-order valence-corrected chi connectivity index (χ3v) is 4.24. The highest BCUT2D eigenvalue weighted by molar-refractivity contribution is 5.99. The Kier molecular flexibility index (Phi) is 3.45. The van der Waals surface area contributed by atoms with Gasteiger partial charge in [0, 0.05) is 12.6 Å². The molecule has 3 N–H and O–H groups in total. The number of hydrogen-bond acceptors (Lipinski definition) is 4. The number of hydrogen-bond donors (Lipinski definition) is 2. The second-order valence-corrected chi connectivity index (χ2v) is 6.23. The van der Waals surface area contributed by atoms with Crippen molar-refractivity contribution in [2.75, 3.05) is 5.32 Å². The fraction of sp³-hybridized carbons (Fsp3) is 0.500. The molecule has 0 spiro atoms. The molecule has 2 atom stereocenters. The molecule has 112 valence electrons. The van der Waals surface area contributed by atoms with Gasteiger partial charge in [-0.15, -0.1) is 0 Å². The molecule has 0 aliphatic heterocycles. The Labute approximate surface area is 123 Å². The Morgan fingerprint density at radius 1 is 1.52 bits per heavy atom. The molecule has 1 saturated carbocycles. The molecule has 2 aromatic rings. The predicted octanol–water partition coefficient (Wildman–Crippen LogP) is 2.98. The van der Waals surface area contributed by atoms with E-state index in [2.05, 4.69) is 17.2 Å². The fourth-order valence-electron chi connectivity index (χ4n) is 3.17. The summed E-state index contributed by atoms with van der Waals surface area (Å²) in [5.41, 5.74) is 7.73. The second-order valence-electron chi connectivity index (χ2n) is 6.23. The number of fused-ring (bicyclic) bond motifs is 1. The van der Waals surface area contributed by atoms with Crippen molar-refractivity contribution in [3.8, 4) is 0 Å². The SMILES string of the molecule is Cc1nc2cc(NC(=O)C3(N)CCCC(C)C3)ccc2o1. The van der Waals surface area contributed by atoms with Crippen LogP contribution in [0.25, 0.3) is 11.1 Å². The van der Waals surface area contributed by atoms with E-state index in [0.29, 0.717) is 17.5 Å². The Balaban J connectivity index is 1.79. The number of oxazole rings is 1. The lowest BCUT2D eigenvalue weighted by Crippen LogP contribution is -2.53. The van der Waals surface area contributed by atoms with Crippen molar-refractivity contribution in [3.05, 3.63) is 24.1 Å². The maximum Gasteiger partial charge on any atom is 0.244 e. The van der Waals surface area contributed by atoms with Crippen molar-refractivity contribution in [2.45, 2.75) is 45.1 Å². The quantitative estimate of drug-likeness (QED) is 0.889. The summed E-state index contributed by atoms with van der Waals surface area (Å²) in [7, 11) is 0. The monoisotopic (exact) mass is 287 g/mol. The van der Waals surface area contributed by atoms with Crippen LogP contribution < -0.4 is 11.1 Å². The number of carbonyl (C=O) groups excluding carboxylic acids is 1. The molecule has 5 heteroatoms. The molecule has 5 nitrogen and oxygen atoms in total. The molecule has 3 rings (SSSR count). The van der Waals surface area contributed by atoms with E-state index >= 15 is 0 Å². The first-order valence-electron chi connectivity index (χ1n) is 7.44. The number of benzene rings is 1. The zero-order valence-corrected chi connectivity index (χ0v) is 12.5. The molecule has 1 aromatic carbocycles. The van der Waals surface area contributed by atoms with Crippen molar-refractivity contribution < 1.29 is 9.21 Å². The zero-order chi connectivity index (χ0) is 15.0. The Morgan fingerprint density at radius 2 is 2.33 bits per heavy atom. The van der Waals surface area contributed by atoms with Crippen molar-refractivity contribution in [1.82, 2.24) is 4.98 Å². The largest absolute Gasteiger partial charge is 0.441 e. The molecule has 21 heavy (non-hydrogen) atoms. The first-order valence-corrected chi connectivity index (χ1v) is 7.44. The lowest BCUT2D eigenvalue weighted by atomic mass is 9.76. The number of anilines is 1. The molecular weight excluding hydrogens is 266 g/mol. The minimum atomic E-state index is -0.758. The molecule has 1 aromatic heterocycles. The maximum atomic E-state index is 12.5. The summed E-state index contributed by atoms with van der Waals surface area (Å²) in [4.78, 5) is 16.8. The molecule has 1 fully saturated rings. The van der Waals surface area contributed by atoms with E-state index in [1.165, 1.54) is 0 Å². The van der Waals surface area contributed by atoms with E-state index < -0.39 is 5.54 Å². The third-order valence-electron chi connectivity index (χ3n) is 4.24. The predicted molar refractivity (Wildman–Crippen MR) is 81.9 cm³/mol. The van der Waals surface area contributed by atoms with Crippen molar-refractivity contribution in [1.29, 1.82) is 0 Å². The molecule has 1 aliphatic rings. The number of amides is 1. The van der Waals surface area contributed by atoms with Gasteiger partial charge in [0.1, 0.15) is 5.52 Å². The van der Waals surface area contributed by atoms with E-state index in [-0.39, 0.29) is 5.91 Å². The lowest BCUT2D eigenvalue weighted by Gasteiger charge is -2.35. The molecule has 0 radical (unpaired) electrons. The normalized spacial score (nSPS) is 26.0. The fourth-order valence-corrected chi connectivity index (χ4v) is 3.17. The smallest absolute Gasteiger partial charge is 0.244 e. The topological polar surface area (TPSA) is 81.2 Å². The minimum Gasteiger partial charge on any atom is -0.441 e. The van der Waals surface area contributed by atoms with Crippen LogP contribution in [0.5, 0.6) is 0 Å². The van der Waals surface area contributed by atoms with Crippen LogP contribution in [0, 0.1) is 12.8 Å². The van der Waals surface area contributed by atoms with Crippen LogP contribution in [-0.2, 0) is 4.79 Å². The number of carbonyl (C=O) groups is 1. The average molecular weight is 287 g/mol. The third kappa shape index (κ3) is 2.78. The summed E-state index contributed by atoms with van der Waals surface area (Å²) in [6, 6.07) is 5.46. The highest BCUT2D eigenvalue weighted by Gasteiger charge is 2.37. The van der Waals surface area contributed by atoms with Gasteiger partial charge in [-0.05, 0) is 37.0 Å². The molecule has 2 unspecified atom stereocenters. The van der Waals surface area contributed by atoms with Gasteiger partial charge in [0.25, 0.3) is 0 Å². The van der Waals surface area contributed by atoms with Gasteiger partial charge in [-0.1, -0.05) is 19.8 Å². The van der Waals surface area contributed by atoms with Gasteiger partial charge in [0.05, 0.1) is 5.54 Å². The van der Waals surface area contributed by atoms with Crippen molar-refractivity contribution in [2.24, 2.45) is 11.7 Å². The van der Waals surface area contributed by atoms with Crippen LogP contribution in [0.2, 0.25) is 0 Å². The van der Waals surface area contributed by atoms with E-state index in [1.54, 1.807) is 6.92 Å². The van der Waals surface area contributed by atoms with Gasteiger partial charge in [-0.25, -0.2) is 4.98 Å². The Hall–Kier alpha value is -1.88. The number of aryl methyl sites for hydroxylation is 1. The van der Waals surface area contributed by atoms with E-state index in [0.717, 1.165) is 36.8 Å². The molecule has 0 bridgehead atoms. The number of nitrogens with one attached hydrogen (secondary N) is 1. The van der Waals surface area contributed by atoms with Crippen LogP contribution in [-0.4, -0.2) is 16.4 Å². The summed E-state index contributed by atoms with van der Waals surface area (Å²) in [6.07, 6.45) is 3.64. The summed E-state index contributed by atoms with van der Waals surface area (Å²) in [5.74, 6) is 1.01. The summed E-state index contributed by atoms with van der Waals surface area (Å²) < 4.78 is 5.43. The van der Waals surface area contributed by atoms with Crippen LogP contribution in [0.1, 0.15) is 38.5 Å². The zero-order valence-electron chi connectivity index (χ0n) is 12.5. The molecule has 1 heterocycles. The van der Waals surface area contributed by atoms with Gasteiger partial charge in [-0.3, -0.25) is 4.79 Å².